The number of rotatable bonds is 4. The molecule has 0 amide bonds. The van der Waals surface area contributed by atoms with Crippen LogP contribution in [0.2, 0.25) is 0 Å². The molecule has 0 saturated carbocycles. The first-order valence-corrected chi connectivity index (χ1v) is 6.29. The van der Waals surface area contributed by atoms with Gasteiger partial charge in [-0.05, 0) is 54.9 Å². The second kappa shape index (κ2) is 6.19. The zero-order valence-electron chi connectivity index (χ0n) is 10.6. The van der Waals surface area contributed by atoms with Crippen LogP contribution in [0.1, 0.15) is 26.3 Å². The highest BCUT2D eigenvalue weighted by atomic mass is 79.9. The summed E-state index contributed by atoms with van der Waals surface area (Å²) >= 11 is 3.27. The van der Waals surface area contributed by atoms with Gasteiger partial charge in [-0.15, -0.1) is 0 Å². The number of aliphatic hydroxyl groups excluding tert-OH is 1. The van der Waals surface area contributed by atoms with Gasteiger partial charge in [0.1, 0.15) is 18.4 Å². The Kier molecular flexibility index (Phi) is 5.15. The Labute approximate surface area is 115 Å². The monoisotopic (exact) mass is 313 g/mol. The molecule has 0 bridgehead atoms. The first kappa shape index (κ1) is 15.0. The molecule has 1 aromatic carbocycles. The number of benzene rings is 1. The van der Waals surface area contributed by atoms with Gasteiger partial charge in [0.25, 0.3) is 0 Å². The van der Waals surface area contributed by atoms with Crippen LogP contribution in [0.25, 0.3) is 0 Å². The summed E-state index contributed by atoms with van der Waals surface area (Å²) in [4.78, 5) is 0. The molecule has 1 rings (SSSR count). The normalized spacial score (nSPS) is 12.9. The molecule has 0 aliphatic heterocycles. The van der Waals surface area contributed by atoms with Gasteiger partial charge in [0.2, 0.25) is 0 Å². The van der Waals surface area contributed by atoms with Gasteiger partial charge in [-0.25, -0.2) is 0 Å². The van der Waals surface area contributed by atoms with Crippen molar-refractivity contribution in [2.75, 3.05) is 6.61 Å². The Morgan fingerprint density at radius 1 is 1.44 bits per heavy atom. The quantitative estimate of drug-likeness (QED) is 0.868. The lowest BCUT2D eigenvalue weighted by atomic mass is 10.2. The average Bonchev–Trinajstić information content (AvgIpc) is 2.24. The van der Waals surface area contributed by atoms with Crippen molar-refractivity contribution in [2.45, 2.75) is 32.7 Å². The van der Waals surface area contributed by atoms with Crippen LogP contribution in [-0.2, 0) is 4.74 Å². The molecule has 0 spiro atoms. The molecule has 4 nitrogen and oxygen atoms in total. The van der Waals surface area contributed by atoms with Crippen LogP contribution in [0.5, 0.6) is 5.75 Å². The van der Waals surface area contributed by atoms with Gasteiger partial charge >= 0.3 is 0 Å². The molecule has 0 heterocycles. The Hall–Kier alpha value is -1.09. The molecular formula is C13H16BrNO3. The molecule has 18 heavy (non-hydrogen) atoms. The van der Waals surface area contributed by atoms with Crippen LogP contribution in [0.4, 0.5) is 0 Å². The molecule has 98 valence electrons. The van der Waals surface area contributed by atoms with E-state index >= 15 is 0 Å². The van der Waals surface area contributed by atoms with E-state index in [2.05, 4.69) is 15.9 Å². The summed E-state index contributed by atoms with van der Waals surface area (Å²) in [6, 6.07) is 7.05. The van der Waals surface area contributed by atoms with Crippen molar-refractivity contribution >= 4 is 15.9 Å². The van der Waals surface area contributed by atoms with E-state index in [0.29, 0.717) is 15.8 Å². The summed E-state index contributed by atoms with van der Waals surface area (Å²) in [6.07, 6.45) is -0.987. The lowest BCUT2D eigenvalue weighted by molar-refractivity contribution is -0.178. The standard InChI is InChI=1S/C13H16BrNO3/c1-13(2,3)18-12(16)8-17-10-5-4-9(7-15)11(14)6-10/h4-6,12,16H,8H2,1-3H3. The van der Waals surface area contributed by atoms with E-state index in [1.807, 2.05) is 26.8 Å². The van der Waals surface area contributed by atoms with Gasteiger partial charge in [0, 0.05) is 4.47 Å². The van der Waals surface area contributed by atoms with E-state index in [1.54, 1.807) is 18.2 Å². The number of nitrogens with zero attached hydrogens (tertiary/aromatic N) is 1. The van der Waals surface area contributed by atoms with E-state index in [9.17, 15) is 5.11 Å². The second-order valence-electron chi connectivity index (χ2n) is 4.75. The smallest absolute Gasteiger partial charge is 0.189 e. The van der Waals surface area contributed by atoms with Gasteiger partial charge < -0.3 is 14.6 Å². The second-order valence-corrected chi connectivity index (χ2v) is 5.60. The number of aliphatic hydroxyl groups is 1. The van der Waals surface area contributed by atoms with E-state index in [4.69, 9.17) is 14.7 Å². The third kappa shape index (κ3) is 5.05. The Bertz CT molecular complexity index is 449. The summed E-state index contributed by atoms with van der Waals surface area (Å²) in [5.41, 5.74) is 0.113. The third-order valence-electron chi connectivity index (χ3n) is 1.94. The molecule has 1 aromatic rings. The molecule has 1 N–H and O–H groups in total. The highest BCUT2D eigenvalue weighted by Gasteiger charge is 2.17. The lowest BCUT2D eigenvalue weighted by Gasteiger charge is -2.23. The fourth-order valence-electron chi connectivity index (χ4n) is 1.29. The van der Waals surface area contributed by atoms with Crippen LogP contribution in [-0.4, -0.2) is 23.6 Å². The van der Waals surface area contributed by atoms with Crippen molar-refractivity contribution in [2.24, 2.45) is 0 Å². The third-order valence-corrected chi connectivity index (χ3v) is 2.60. The van der Waals surface area contributed by atoms with Crippen molar-refractivity contribution in [3.63, 3.8) is 0 Å². The van der Waals surface area contributed by atoms with Crippen molar-refractivity contribution < 1.29 is 14.6 Å². The zero-order chi connectivity index (χ0) is 13.8. The lowest BCUT2D eigenvalue weighted by Crippen LogP contribution is -2.31. The predicted octanol–water partition coefficient (Wildman–Crippen LogP) is 2.83. The predicted molar refractivity (Wildman–Crippen MR) is 71.2 cm³/mol. The topological polar surface area (TPSA) is 62.5 Å². The molecule has 1 unspecified atom stereocenters. The maximum Gasteiger partial charge on any atom is 0.189 e. The van der Waals surface area contributed by atoms with E-state index in [0.717, 1.165) is 0 Å². The minimum absolute atomic E-state index is 0.0373. The van der Waals surface area contributed by atoms with E-state index in [1.165, 1.54) is 0 Å². The van der Waals surface area contributed by atoms with E-state index < -0.39 is 11.9 Å². The molecule has 0 aliphatic carbocycles. The molecular weight excluding hydrogens is 298 g/mol. The number of ether oxygens (including phenoxy) is 2. The molecule has 0 saturated heterocycles. The van der Waals surface area contributed by atoms with Crippen LogP contribution in [0.3, 0.4) is 0 Å². The maximum absolute atomic E-state index is 9.60. The Balaban J connectivity index is 2.54. The number of nitriles is 1. The first-order valence-electron chi connectivity index (χ1n) is 5.50. The summed E-state index contributed by atoms with van der Waals surface area (Å²) < 4.78 is 11.3. The maximum atomic E-state index is 9.60. The van der Waals surface area contributed by atoms with Crippen LogP contribution in [0.15, 0.2) is 22.7 Å². The van der Waals surface area contributed by atoms with Crippen LogP contribution < -0.4 is 4.74 Å². The summed E-state index contributed by atoms with van der Waals surface area (Å²) in [5.74, 6) is 0.567. The number of hydrogen-bond donors (Lipinski definition) is 1. The van der Waals surface area contributed by atoms with Crippen LogP contribution >= 0.6 is 15.9 Å². The van der Waals surface area contributed by atoms with Crippen molar-refractivity contribution in [3.05, 3.63) is 28.2 Å². The summed E-state index contributed by atoms with van der Waals surface area (Å²) in [7, 11) is 0. The van der Waals surface area contributed by atoms with Gasteiger partial charge in [-0.2, -0.15) is 5.26 Å². The molecule has 0 fully saturated rings. The number of halogens is 1. The molecule has 0 aliphatic rings. The SMILES string of the molecule is CC(C)(C)OC(O)COc1ccc(C#N)c(Br)c1. The highest BCUT2D eigenvalue weighted by molar-refractivity contribution is 9.10. The molecule has 5 heteroatoms. The van der Waals surface area contributed by atoms with Gasteiger partial charge in [-0.3, -0.25) is 0 Å². The van der Waals surface area contributed by atoms with Crippen molar-refractivity contribution in [1.82, 2.24) is 0 Å². The zero-order valence-corrected chi connectivity index (χ0v) is 12.2. The van der Waals surface area contributed by atoms with Crippen molar-refractivity contribution in [3.8, 4) is 11.8 Å². The Morgan fingerprint density at radius 3 is 2.61 bits per heavy atom. The fraction of sp³-hybridized carbons (Fsp3) is 0.462. The average molecular weight is 314 g/mol. The number of hydrogen-bond acceptors (Lipinski definition) is 4. The first-order chi connectivity index (χ1) is 8.31. The minimum Gasteiger partial charge on any atom is -0.488 e. The van der Waals surface area contributed by atoms with Gasteiger partial charge in [0.15, 0.2) is 6.29 Å². The molecule has 0 aromatic heterocycles. The van der Waals surface area contributed by atoms with Gasteiger partial charge in [-0.1, -0.05) is 0 Å². The highest BCUT2D eigenvalue weighted by Crippen LogP contribution is 2.22. The van der Waals surface area contributed by atoms with Gasteiger partial charge in [0.05, 0.1) is 11.2 Å². The fourth-order valence-corrected chi connectivity index (χ4v) is 1.73. The van der Waals surface area contributed by atoms with Crippen molar-refractivity contribution in [1.29, 1.82) is 5.26 Å². The minimum atomic E-state index is -0.987. The summed E-state index contributed by atoms with van der Waals surface area (Å²) in [5, 5.41) is 18.4. The molecule has 0 radical (unpaired) electrons. The van der Waals surface area contributed by atoms with E-state index in [-0.39, 0.29) is 6.61 Å². The van der Waals surface area contributed by atoms with Crippen LogP contribution in [0, 0.1) is 11.3 Å². The largest absolute Gasteiger partial charge is 0.488 e. The Morgan fingerprint density at radius 2 is 2.11 bits per heavy atom. The summed E-state index contributed by atoms with van der Waals surface area (Å²) in [6.45, 7) is 5.60. The molecule has 1 atom stereocenters.